The van der Waals surface area contributed by atoms with Crippen LogP contribution in [0, 0.1) is 0 Å². The average molecular weight is 378 g/mol. The molecule has 0 saturated carbocycles. The Morgan fingerprint density at radius 1 is 1.43 bits per heavy atom. The molecular formula is C16H26BrClN2O. The number of halogens is 2. The van der Waals surface area contributed by atoms with E-state index in [9.17, 15) is 5.11 Å². The number of benzene rings is 1. The maximum atomic E-state index is 9.22. The Kier molecular flexibility index (Phi) is 8.83. The summed E-state index contributed by atoms with van der Waals surface area (Å²) in [6.45, 7) is 6.25. The number of hydrogen-bond acceptors (Lipinski definition) is 3. The highest BCUT2D eigenvalue weighted by Crippen LogP contribution is 2.28. The second-order valence-corrected chi connectivity index (χ2v) is 6.80. The van der Waals surface area contributed by atoms with E-state index in [2.05, 4.69) is 39.1 Å². The minimum atomic E-state index is 0.178. The molecule has 2 unspecified atom stereocenters. The summed E-state index contributed by atoms with van der Waals surface area (Å²) in [4.78, 5) is 2.17. The first-order valence-corrected chi connectivity index (χ1v) is 8.66. The summed E-state index contributed by atoms with van der Waals surface area (Å²) in [5, 5.41) is 13.6. The topological polar surface area (TPSA) is 35.5 Å². The Hall–Kier alpha value is -0.130. The third-order valence-corrected chi connectivity index (χ3v) is 4.59. The number of rotatable bonds is 9. The molecule has 1 aromatic carbocycles. The molecule has 5 heteroatoms. The molecule has 1 aromatic rings. The van der Waals surface area contributed by atoms with E-state index >= 15 is 0 Å². The van der Waals surface area contributed by atoms with Gasteiger partial charge in [-0.2, -0.15) is 0 Å². The largest absolute Gasteiger partial charge is 0.395 e. The standard InChI is InChI=1S/C16H26BrClN2O/c1-4-8-19-16(7-9-20(3)12(2)11-21)14-6-5-13(17)10-15(14)18/h5-6,10,12,16,19,21H,4,7-9,11H2,1-3H3. The lowest BCUT2D eigenvalue weighted by molar-refractivity contribution is 0.154. The molecule has 0 spiro atoms. The minimum Gasteiger partial charge on any atom is -0.395 e. The van der Waals surface area contributed by atoms with E-state index in [4.69, 9.17) is 11.6 Å². The second-order valence-electron chi connectivity index (χ2n) is 5.47. The Bertz CT molecular complexity index is 431. The van der Waals surface area contributed by atoms with Crippen LogP contribution < -0.4 is 5.32 Å². The smallest absolute Gasteiger partial charge is 0.0584 e. The van der Waals surface area contributed by atoms with Crippen LogP contribution in [-0.2, 0) is 0 Å². The predicted molar refractivity (Wildman–Crippen MR) is 94.0 cm³/mol. The zero-order valence-corrected chi connectivity index (χ0v) is 15.4. The monoisotopic (exact) mass is 376 g/mol. The van der Waals surface area contributed by atoms with Gasteiger partial charge >= 0.3 is 0 Å². The van der Waals surface area contributed by atoms with Gasteiger partial charge in [0.25, 0.3) is 0 Å². The van der Waals surface area contributed by atoms with Crippen molar-refractivity contribution in [2.24, 2.45) is 0 Å². The lowest BCUT2D eigenvalue weighted by atomic mass is 10.0. The zero-order valence-electron chi connectivity index (χ0n) is 13.1. The summed E-state index contributed by atoms with van der Waals surface area (Å²) in [6.07, 6.45) is 2.05. The first-order valence-electron chi connectivity index (χ1n) is 7.49. The van der Waals surface area contributed by atoms with Crippen molar-refractivity contribution in [3.05, 3.63) is 33.3 Å². The maximum Gasteiger partial charge on any atom is 0.0584 e. The normalized spacial score (nSPS) is 14.4. The first kappa shape index (κ1) is 18.9. The van der Waals surface area contributed by atoms with Crippen LogP contribution in [0.5, 0.6) is 0 Å². The van der Waals surface area contributed by atoms with Gasteiger partial charge in [0.05, 0.1) is 6.61 Å². The molecule has 2 atom stereocenters. The van der Waals surface area contributed by atoms with Gasteiger partial charge in [0, 0.05) is 28.1 Å². The lowest BCUT2D eigenvalue weighted by Crippen LogP contribution is -2.35. The van der Waals surface area contributed by atoms with Crippen molar-refractivity contribution in [3.8, 4) is 0 Å². The Morgan fingerprint density at radius 2 is 2.14 bits per heavy atom. The fourth-order valence-electron chi connectivity index (χ4n) is 2.16. The van der Waals surface area contributed by atoms with Gasteiger partial charge in [-0.3, -0.25) is 0 Å². The van der Waals surface area contributed by atoms with Gasteiger partial charge in [-0.1, -0.05) is 40.5 Å². The van der Waals surface area contributed by atoms with E-state index in [1.54, 1.807) is 0 Å². The van der Waals surface area contributed by atoms with Crippen LogP contribution in [0.25, 0.3) is 0 Å². The van der Waals surface area contributed by atoms with E-state index in [-0.39, 0.29) is 18.7 Å². The van der Waals surface area contributed by atoms with Gasteiger partial charge in [0.2, 0.25) is 0 Å². The summed E-state index contributed by atoms with van der Waals surface area (Å²) in [7, 11) is 2.04. The van der Waals surface area contributed by atoms with Crippen molar-refractivity contribution in [2.75, 3.05) is 26.7 Å². The molecule has 21 heavy (non-hydrogen) atoms. The third-order valence-electron chi connectivity index (χ3n) is 3.77. The van der Waals surface area contributed by atoms with E-state index in [1.165, 1.54) is 0 Å². The van der Waals surface area contributed by atoms with Crippen molar-refractivity contribution in [1.82, 2.24) is 10.2 Å². The van der Waals surface area contributed by atoms with Crippen LogP contribution in [0.4, 0.5) is 0 Å². The van der Waals surface area contributed by atoms with Gasteiger partial charge in [0.1, 0.15) is 0 Å². The second kappa shape index (κ2) is 9.80. The molecule has 3 nitrogen and oxygen atoms in total. The SMILES string of the molecule is CCCNC(CCN(C)C(C)CO)c1ccc(Br)cc1Cl. The average Bonchev–Trinajstić information content (AvgIpc) is 2.47. The van der Waals surface area contributed by atoms with E-state index < -0.39 is 0 Å². The fourth-order valence-corrected chi connectivity index (χ4v) is 2.97. The summed E-state index contributed by atoms with van der Waals surface area (Å²) >= 11 is 9.83. The number of nitrogens with zero attached hydrogens (tertiary/aromatic N) is 1. The maximum absolute atomic E-state index is 9.22. The number of aliphatic hydroxyl groups is 1. The molecule has 0 radical (unpaired) electrons. The van der Waals surface area contributed by atoms with Crippen LogP contribution in [0.15, 0.2) is 22.7 Å². The van der Waals surface area contributed by atoms with Crippen molar-refractivity contribution in [3.63, 3.8) is 0 Å². The Labute approximate surface area is 141 Å². The molecule has 0 aliphatic heterocycles. The van der Waals surface area contributed by atoms with Gasteiger partial charge in [-0.05, 0) is 51.1 Å². The molecule has 0 bridgehead atoms. The molecule has 1 rings (SSSR count). The van der Waals surface area contributed by atoms with Crippen LogP contribution in [0.1, 0.15) is 38.3 Å². The Balaban J connectivity index is 2.75. The van der Waals surface area contributed by atoms with E-state index in [1.807, 2.05) is 26.1 Å². The number of likely N-dealkylation sites (N-methyl/N-ethyl adjacent to an activating group) is 1. The van der Waals surface area contributed by atoms with E-state index in [0.717, 1.165) is 41.0 Å². The molecule has 2 N–H and O–H groups in total. The number of nitrogens with one attached hydrogen (secondary N) is 1. The molecule has 0 aliphatic carbocycles. The molecule has 0 aromatic heterocycles. The minimum absolute atomic E-state index is 0.178. The number of hydrogen-bond donors (Lipinski definition) is 2. The molecule has 0 saturated heterocycles. The highest BCUT2D eigenvalue weighted by atomic mass is 79.9. The van der Waals surface area contributed by atoms with Crippen LogP contribution >= 0.6 is 27.5 Å². The van der Waals surface area contributed by atoms with Gasteiger partial charge in [-0.25, -0.2) is 0 Å². The lowest BCUT2D eigenvalue weighted by Gasteiger charge is -2.27. The molecular weight excluding hydrogens is 352 g/mol. The van der Waals surface area contributed by atoms with Gasteiger partial charge in [-0.15, -0.1) is 0 Å². The van der Waals surface area contributed by atoms with Crippen LogP contribution in [-0.4, -0.2) is 42.8 Å². The summed E-state index contributed by atoms with van der Waals surface area (Å²) in [5.41, 5.74) is 1.14. The van der Waals surface area contributed by atoms with Crippen molar-refractivity contribution < 1.29 is 5.11 Å². The molecule has 0 aliphatic rings. The summed E-state index contributed by atoms with van der Waals surface area (Å²) < 4.78 is 0.997. The molecule has 120 valence electrons. The first-order chi connectivity index (χ1) is 9.99. The summed E-state index contributed by atoms with van der Waals surface area (Å²) in [6, 6.07) is 6.46. The van der Waals surface area contributed by atoms with Crippen molar-refractivity contribution in [1.29, 1.82) is 0 Å². The molecule has 0 heterocycles. The van der Waals surface area contributed by atoms with Gasteiger partial charge < -0.3 is 15.3 Å². The van der Waals surface area contributed by atoms with Crippen LogP contribution in [0.3, 0.4) is 0 Å². The Morgan fingerprint density at radius 3 is 2.71 bits per heavy atom. The third kappa shape index (κ3) is 6.25. The predicted octanol–water partition coefficient (Wildman–Crippen LogP) is 3.85. The van der Waals surface area contributed by atoms with Gasteiger partial charge in [0.15, 0.2) is 0 Å². The highest BCUT2D eigenvalue weighted by molar-refractivity contribution is 9.10. The zero-order chi connectivity index (χ0) is 15.8. The quantitative estimate of drug-likeness (QED) is 0.686. The molecule has 0 amide bonds. The van der Waals surface area contributed by atoms with E-state index in [0.29, 0.717) is 0 Å². The van der Waals surface area contributed by atoms with Crippen LogP contribution in [0.2, 0.25) is 5.02 Å². The summed E-state index contributed by atoms with van der Waals surface area (Å²) in [5.74, 6) is 0. The highest BCUT2D eigenvalue weighted by Gasteiger charge is 2.16. The fraction of sp³-hybridized carbons (Fsp3) is 0.625. The van der Waals surface area contributed by atoms with Crippen molar-refractivity contribution in [2.45, 2.75) is 38.8 Å². The number of aliphatic hydroxyl groups excluding tert-OH is 1. The molecule has 0 fully saturated rings. The van der Waals surface area contributed by atoms with Crippen molar-refractivity contribution >= 4 is 27.5 Å².